The molecule has 0 atom stereocenters. The first-order chi connectivity index (χ1) is 8.70. The van der Waals surface area contributed by atoms with Crippen molar-refractivity contribution in [2.24, 2.45) is 10.9 Å². The van der Waals surface area contributed by atoms with Crippen LogP contribution in [0.15, 0.2) is 58.6 Å². The van der Waals surface area contributed by atoms with E-state index in [9.17, 15) is 0 Å². The normalized spacial score (nSPS) is 11.3. The van der Waals surface area contributed by atoms with Gasteiger partial charge in [0, 0.05) is 5.02 Å². The lowest BCUT2D eigenvalue weighted by Gasteiger charge is -2.03. The fourth-order valence-corrected chi connectivity index (χ4v) is 1.50. The van der Waals surface area contributed by atoms with Gasteiger partial charge in [0.15, 0.2) is 5.76 Å². The van der Waals surface area contributed by atoms with Crippen molar-refractivity contribution in [1.29, 1.82) is 0 Å². The van der Waals surface area contributed by atoms with Gasteiger partial charge in [-0.15, -0.1) is 0 Å². The zero-order chi connectivity index (χ0) is 13.0. The van der Waals surface area contributed by atoms with Gasteiger partial charge in [0.05, 0.1) is 12.0 Å². The molecule has 0 fully saturated rings. The molecule has 1 aromatic heterocycles. The molecule has 0 aliphatic heterocycles. The summed E-state index contributed by atoms with van der Waals surface area (Å²) in [5.74, 6) is 5.77. The molecule has 0 aliphatic rings. The molecule has 4 nitrogen and oxygen atoms in total. The number of aliphatic imine (C=N–C) groups is 1. The number of nitrogens with two attached hydrogens (primary N) is 1. The molecule has 92 valence electrons. The molecular formula is C13H11ClN2O2. The highest BCUT2D eigenvalue weighted by Gasteiger charge is 2.08. The zero-order valence-corrected chi connectivity index (χ0v) is 10.2. The maximum Gasteiger partial charge on any atom is 0.280 e. The van der Waals surface area contributed by atoms with Gasteiger partial charge in [-0.1, -0.05) is 30.3 Å². The van der Waals surface area contributed by atoms with Gasteiger partial charge in [0.1, 0.15) is 0 Å². The van der Waals surface area contributed by atoms with E-state index in [1.807, 2.05) is 12.1 Å². The molecule has 0 spiro atoms. The molecule has 1 heterocycles. The monoisotopic (exact) mass is 262 g/mol. The SMILES string of the molecule is C=C(/N=C(\ON)c1ccco1)c1ccc(Cl)cc1. The van der Waals surface area contributed by atoms with E-state index in [0.717, 1.165) is 5.56 Å². The Bertz CT molecular complexity index is 559. The maximum absolute atomic E-state index is 5.81. The summed E-state index contributed by atoms with van der Waals surface area (Å²) in [7, 11) is 0. The van der Waals surface area contributed by atoms with Crippen LogP contribution in [0.2, 0.25) is 5.02 Å². The van der Waals surface area contributed by atoms with Crippen LogP contribution in [-0.4, -0.2) is 5.90 Å². The second kappa shape index (κ2) is 5.53. The van der Waals surface area contributed by atoms with Gasteiger partial charge in [0.25, 0.3) is 5.90 Å². The van der Waals surface area contributed by atoms with Crippen LogP contribution in [0.1, 0.15) is 11.3 Å². The van der Waals surface area contributed by atoms with Gasteiger partial charge in [0.2, 0.25) is 0 Å². The summed E-state index contributed by atoms with van der Waals surface area (Å²) >= 11 is 5.81. The van der Waals surface area contributed by atoms with Crippen molar-refractivity contribution in [3.05, 3.63) is 65.6 Å². The predicted octanol–water partition coefficient (Wildman–Crippen LogP) is 3.24. The molecule has 2 N–H and O–H groups in total. The van der Waals surface area contributed by atoms with Crippen LogP contribution in [0, 0.1) is 0 Å². The first-order valence-corrected chi connectivity index (χ1v) is 5.52. The quantitative estimate of drug-likeness (QED) is 0.525. The molecule has 0 unspecified atom stereocenters. The first-order valence-electron chi connectivity index (χ1n) is 5.15. The van der Waals surface area contributed by atoms with Gasteiger partial charge < -0.3 is 9.25 Å². The maximum atomic E-state index is 5.81. The van der Waals surface area contributed by atoms with Crippen molar-refractivity contribution in [3.63, 3.8) is 0 Å². The van der Waals surface area contributed by atoms with E-state index in [1.54, 1.807) is 24.3 Å². The molecule has 1 aromatic carbocycles. The van der Waals surface area contributed by atoms with Crippen LogP contribution in [0.25, 0.3) is 5.70 Å². The van der Waals surface area contributed by atoms with Gasteiger partial charge >= 0.3 is 0 Å². The topological polar surface area (TPSA) is 60.8 Å². The lowest BCUT2D eigenvalue weighted by Crippen LogP contribution is -2.11. The molecule has 0 saturated heterocycles. The van der Waals surface area contributed by atoms with Crippen LogP contribution < -0.4 is 5.90 Å². The average molecular weight is 263 g/mol. The van der Waals surface area contributed by atoms with Crippen molar-refractivity contribution >= 4 is 23.2 Å². The van der Waals surface area contributed by atoms with Crippen LogP contribution >= 0.6 is 11.6 Å². The number of nitrogens with zero attached hydrogens (tertiary/aromatic N) is 1. The van der Waals surface area contributed by atoms with Crippen LogP contribution in [0.5, 0.6) is 0 Å². The number of hydrogen-bond acceptors (Lipinski definition) is 4. The molecule has 5 heteroatoms. The smallest absolute Gasteiger partial charge is 0.280 e. The third-order valence-corrected chi connectivity index (χ3v) is 2.51. The Morgan fingerprint density at radius 2 is 2.00 bits per heavy atom. The number of hydrogen-bond donors (Lipinski definition) is 1. The Kier molecular flexibility index (Phi) is 3.82. The second-order valence-corrected chi connectivity index (χ2v) is 3.90. The van der Waals surface area contributed by atoms with Crippen molar-refractivity contribution in [2.45, 2.75) is 0 Å². The van der Waals surface area contributed by atoms with E-state index in [-0.39, 0.29) is 5.90 Å². The minimum absolute atomic E-state index is 0.167. The van der Waals surface area contributed by atoms with Crippen molar-refractivity contribution in [2.75, 3.05) is 0 Å². The molecule has 2 rings (SSSR count). The van der Waals surface area contributed by atoms with Crippen molar-refractivity contribution < 1.29 is 9.25 Å². The minimum Gasteiger partial charge on any atom is -0.459 e. The van der Waals surface area contributed by atoms with E-state index in [0.29, 0.717) is 16.5 Å². The first kappa shape index (κ1) is 12.4. The number of halogens is 1. The Balaban J connectivity index is 2.26. The van der Waals surface area contributed by atoms with Gasteiger partial charge in [-0.3, -0.25) is 0 Å². The van der Waals surface area contributed by atoms with E-state index in [1.165, 1.54) is 6.26 Å². The predicted molar refractivity (Wildman–Crippen MR) is 71.0 cm³/mol. The lowest BCUT2D eigenvalue weighted by atomic mass is 10.2. The molecule has 0 bridgehead atoms. The highest BCUT2D eigenvalue weighted by atomic mass is 35.5. The summed E-state index contributed by atoms with van der Waals surface area (Å²) < 4.78 is 5.14. The molecule has 0 amide bonds. The van der Waals surface area contributed by atoms with E-state index < -0.39 is 0 Å². The van der Waals surface area contributed by atoms with E-state index in [4.69, 9.17) is 21.9 Å². The van der Waals surface area contributed by atoms with E-state index >= 15 is 0 Å². The lowest BCUT2D eigenvalue weighted by molar-refractivity contribution is 0.313. The number of benzene rings is 1. The summed E-state index contributed by atoms with van der Waals surface area (Å²) in [5.41, 5.74) is 1.32. The van der Waals surface area contributed by atoms with Gasteiger partial charge in [-0.2, -0.15) is 5.90 Å². The Morgan fingerprint density at radius 1 is 1.28 bits per heavy atom. The van der Waals surface area contributed by atoms with Crippen LogP contribution in [0.3, 0.4) is 0 Å². The summed E-state index contributed by atoms with van der Waals surface area (Å²) in [6, 6.07) is 10.5. The summed E-state index contributed by atoms with van der Waals surface area (Å²) in [6.45, 7) is 3.84. The van der Waals surface area contributed by atoms with Crippen molar-refractivity contribution in [3.8, 4) is 0 Å². The second-order valence-electron chi connectivity index (χ2n) is 3.47. The number of rotatable bonds is 3. The fourth-order valence-electron chi connectivity index (χ4n) is 1.37. The summed E-state index contributed by atoms with van der Waals surface area (Å²) in [4.78, 5) is 8.86. The number of furan rings is 1. The highest BCUT2D eigenvalue weighted by Crippen LogP contribution is 2.18. The molecule has 0 saturated carbocycles. The van der Waals surface area contributed by atoms with Gasteiger partial charge in [-0.05, 0) is 29.8 Å². The zero-order valence-electron chi connectivity index (χ0n) is 9.47. The van der Waals surface area contributed by atoms with Crippen LogP contribution in [0.4, 0.5) is 0 Å². The van der Waals surface area contributed by atoms with E-state index in [2.05, 4.69) is 16.4 Å². The largest absolute Gasteiger partial charge is 0.459 e. The van der Waals surface area contributed by atoms with Gasteiger partial charge in [-0.25, -0.2) is 4.99 Å². The molecule has 0 radical (unpaired) electrons. The Labute approximate surface area is 109 Å². The molecule has 0 aliphatic carbocycles. The standard InChI is InChI=1S/C13H11ClN2O2/c1-9(10-4-6-11(14)7-5-10)16-13(18-15)12-3-2-8-17-12/h2-8H,1,15H2/b16-13-. The Morgan fingerprint density at radius 3 is 2.56 bits per heavy atom. The fraction of sp³-hybridized carbons (Fsp3) is 0. The summed E-state index contributed by atoms with van der Waals surface area (Å²) in [6.07, 6.45) is 1.51. The van der Waals surface area contributed by atoms with Crippen LogP contribution in [-0.2, 0) is 4.84 Å². The Hall–Kier alpha value is -2.04. The molecule has 2 aromatic rings. The molecular weight excluding hydrogens is 252 g/mol. The molecule has 18 heavy (non-hydrogen) atoms. The highest BCUT2D eigenvalue weighted by molar-refractivity contribution is 6.30. The third kappa shape index (κ3) is 2.80. The average Bonchev–Trinajstić information content (AvgIpc) is 2.90. The minimum atomic E-state index is 0.167. The van der Waals surface area contributed by atoms with Crippen molar-refractivity contribution in [1.82, 2.24) is 0 Å². The third-order valence-electron chi connectivity index (χ3n) is 2.26. The summed E-state index contributed by atoms with van der Waals surface area (Å²) in [5, 5.41) is 0.650.